The van der Waals surface area contributed by atoms with E-state index in [1.165, 1.54) is 16.4 Å². The molecule has 4 aliphatic rings. The van der Waals surface area contributed by atoms with Gasteiger partial charge in [0.1, 0.15) is 0 Å². The van der Waals surface area contributed by atoms with E-state index in [1.54, 1.807) is 0 Å². The number of carbonyl (C=O) groups excluding carboxylic acids is 2. The number of piperazine rings is 1. The smallest absolute Gasteiger partial charge is 0.351 e. The number of halogens is 3. The van der Waals surface area contributed by atoms with Crippen LogP contribution in [0.5, 0.6) is 0 Å². The average Bonchev–Trinajstić information content (AvgIpc) is 3.67. The zero-order chi connectivity index (χ0) is 35.6. The maximum atomic E-state index is 14.1. The van der Waals surface area contributed by atoms with E-state index < -0.39 is 21.8 Å². The lowest BCUT2D eigenvalue weighted by Gasteiger charge is -2.36. The van der Waals surface area contributed by atoms with Crippen LogP contribution in [-0.4, -0.2) is 139 Å². The van der Waals surface area contributed by atoms with Crippen molar-refractivity contribution in [3.63, 3.8) is 0 Å². The van der Waals surface area contributed by atoms with Crippen molar-refractivity contribution in [2.45, 2.75) is 70.4 Å². The SMILES string of the molecule is CN1CCN(CC(=O)NCc2cc(-c3nn(CCCN4CCC(N5CCCC5=O)CC4)c4c3CN(S(C)(=O)=O)CC4)ccc2C(F)(F)F)CC1. The zero-order valence-corrected chi connectivity index (χ0v) is 29.9. The number of likely N-dealkylation sites (tertiary alicyclic amines) is 2. The Labute approximate surface area is 292 Å². The largest absolute Gasteiger partial charge is 0.416 e. The lowest BCUT2D eigenvalue weighted by Crippen LogP contribution is -2.48. The predicted octanol–water partition coefficient (Wildman–Crippen LogP) is 2.23. The van der Waals surface area contributed by atoms with E-state index in [-0.39, 0.29) is 37.0 Å². The lowest BCUT2D eigenvalue weighted by molar-refractivity contribution is -0.138. The van der Waals surface area contributed by atoms with Crippen molar-refractivity contribution in [2.75, 3.05) is 78.8 Å². The number of benzene rings is 1. The summed E-state index contributed by atoms with van der Waals surface area (Å²) in [4.78, 5) is 33.6. The van der Waals surface area contributed by atoms with Gasteiger partial charge in [0, 0.05) is 108 Å². The van der Waals surface area contributed by atoms with Crippen LogP contribution in [0, 0.1) is 0 Å². The van der Waals surface area contributed by atoms with Crippen LogP contribution in [0.3, 0.4) is 0 Å². The Kier molecular flexibility index (Phi) is 11.2. The average molecular weight is 723 g/mol. The van der Waals surface area contributed by atoms with Crippen molar-refractivity contribution in [3.05, 3.63) is 40.6 Å². The molecule has 0 aliphatic carbocycles. The van der Waals surface area contributed by atoms with Crippen molar-refractivity contribution < 1.29 is 31.2 Å². The minimum absolute atomic E-state index is 0.0696. The summed E-state index contributed by atoms with van der Waals surface area (Å²) >= 11 is 0. The van der Waals surface area contributed by atoms with Gasteiger partial charge in [-0.3, -0.25) is 19.2 Å². The standard InChI is InChI=1S/C34H49F3N8O4S/c1-40-17-19-42(20-18-40)24-31(46)38-22-26-21-25(6-7-29(26)34(35,36)37)33-28-23-43(50(2,48)49)16-10-30(28)45(39-33)13-4-11-41-14-8-27(9-15-41)44-12-3-5-32(44)47/h6-7,21,27H,3-5,8-20,22-24H2,1-2H3,(H,38,46). The van der Waals surface area contributed by atoms with Crippen molar-refractivity contribution in [1.82, 2.24) is 39.0 Å². The van der Waals surface area contributed by atoms with E-state index in [9.17, 15) is 31.2 Å². The first-order valence-electron chi connectivity index (χ1n) is 17.7. The van der Waals surface area contributed by atoms with Crippen LogP contribution in [0.1, 0.15) is 54.5 Å². The Morgan fingerprint density at radius 1 is 0.980 bits per heavy atom. The van der Waals surface area contributed by atoms with Gasteiger partial charge in [0.05, 0.1) is 24.1 Å². The van der Waals surface area contributed by atoms with Gasteiger partial charge in [0.15, 0.2) is 0 Å². The van der Waals surface area contributed by atoms with E-state index in [1.807, 2.05) is 21.5 Å². The molecule has 1 aromatic carbocycles. The molecule has 3 saturated heterocycles. The highest BCUT2D eigenvalue weighted by Gasteiger charge is 2.35. The molecule has 0 unspecified atom stereocenters. The monoisotopic (exact) mass is 722 g/mol. The van der Waals surface area contributed by atoms with Crippen LogP contribution >= 0.6 is 0 Å². The van der Waals surface area contributed by atoms with Crippen molar-refractivity contribution in [3.8, 4) is 11.3 Å². The van der Waals surface area contributed by atoms with Crippen LogP contribution in [-0.2, 0) is 51.8 Å². The molecule has 50 heavy (non-hydrogen) atoms. The highest BCUT2D eigenvalue weighted by Crippen LogP contribution is 2.37. The van der Waals surface area contributed by atoms with Crippen LogP contribution in [0.25, 0.3) is 11.3 Å². The fourth-order valence-corrected chi connectivity index (χ4v) is 8.53. The molecule has 276 valence electrons. The number of amides is 2. The van der Waals surface area contributed by atoms with E-state index in [2.05, 4.69) is 15.1 Å². The number of hydrogen-bond donors (Lipinski definition) is 1. The molecule has 2 aromatic rings. The quantitative estimate of drug-likeness (QED) is 0.376. The molecule has 0 spiro atoms. The highest BCUT2D eigenvalue weighted by molar-refractivity contribution is 7.88. The molecular weight excluding hydrogens is 673 g/mol. The van der Waals surface area contributed by atoms with Crippen molar-refractivity contribution >= 4 is 21.8 Å². The lowest BCUT2D eigenvalue weighted by atomic mass is 9.97. The number of nitrogens with zero attached hydrogens (tertiary/aromatic N) is 7. The first kappa shape index (κ1) is 36.7. The third-order valence-electron chi connectivity index (χ3n) is 10.6. The number of aromatic nitrogens is 2. The van der Waals surface area contributed by atoms with Gasteiger partial charge in [-0.15, -0.1) is 0 Å². The first-order chi connectivity index (χ1) is 23.8. The number of piperidine rings is 1. The molecular formula is C34H49F3N8O4S. The maximum Gasteiger partial charge on any atom is 0.416 e. The normalized spacial score (nSPS) is 20.8. The van der Waals surface area contributed by atoms with Gasteiger partial charge in [-0.05, 0) is 57.0 Å². The number of hydrogen-bond acceptors (Lipinski definition) is 8. The van der Waals surface area contributed by atoms with Crippen molar-refractivity contribution in [2.24, 2.45) is 0 Å². The summed E-state index contributed by atoms with van der Waals surface area (Å²) in [7, 11) is -1.50. The van der Waals surface area contributed by atoms with Crippen molar-refractivity contribution in [1.29, 1.82) is 0 Å². The number of rotatable bonds is 11. The van der Waals surface area contributed by atoms with E-state index in [0.717, 1.165) is 83.0 Å². The summed E-state index contributed by atoms with van der Waals surface area (Å²) in [5.41, 5.74) is 1.61. The number of nitrogens with one attached hydrogen (secondary N) is 1. The number of sulfonamides is 1. The number of likely N-dealkylation sites (N-methyl/N-ethyl adjacent to an activating group) is 1. The number of fused-ring (bicyclic) bond motifs is 1. The van der Waals surface area contributed by atoms with Crippen LogP contribution in [0.15, 0.2) is 18.2 Å². The summed E-state index contributed by atoms with van der Waals surface area (Å²) in [6.45, 7) is 7.40. The minimum Gasteiger partial charge on any atom is -0.351 e. The molecule has 2 amide bonds. The second-order valence-corrected chi connectivity index (χ2v) is 16.2. The predicted molar refractivity (Wildman–Crippen MR) is 182 cm³/mol. The molecule has 0 radical (unpaired) electrons. The molecule has 0 atom stereocenters. The highest BCUT2D eigenvalue weighted by atomic mass is 32.2. The molecule has 0 bridgehead atoms. The fourth-order valence-electron chi connectivity index (χ4n) is 7.74. The van der Waals surface area contributed by atoms with Gasteiger partial charge < -0.3 is 20.0 Å². The summed E-state index contributed by atoms with van der Waals surface area (Å²) in [6.07, 6.45) is 1.29. The third-order valence-corrected chi connectivity index (χ3v) is 11.9. The molecule has 3 fully saturated rings. The van der Waals surface area contributed by atoms with Gasteiger partial charge in [-0.1, -0.05) is 6.07 Å². The number of carbonyl (C=O) groups is 2. The molecule has 16 heteroatoms. The molecule has 4 aliphatic heterocycles. The Morgan fingerprint density at radius 2 is 1.72 bits per heavy atom. The summed E-state index contributed by atoms with van der Waals surface area (Å²) < 4.78 is 70.8. The third kappa shape index (κ3) is 8.69. The summed E-state index contributed by atoms with van der Waals surface area (Å²) in [6, 6.07) is 4.17. The Bertz CT molecular complexity index is 1650. The summed E-state index contributed by atoms with van der Waals surface area (Å²) in [5, 5.41) is 7.59. The number of alkyl halides is 3. The second-order valence-electron chi connectivity index (χ2n) is 14.2. The number of aryl methyl sites for hydroxylation is 1. The molecule has 6 rings (SSSR count). The van der Waals surface area contributed by atoms with E-state index in [0.29, 0.717) is 61.9 Å². The van der Waals surface area contributed by atoms with Gasteiger partial charge in [-0.25, -0.2) is 8.42 Å². The Balaban J connectivity index is 1.17. The van der Waals surface area contributed by atoms with Gasteiger partial charge in [-0.2, -0.15) is 22.6 Å². The molecule has 12 nitrogen and oxygen atoms in total. The van der Waals surface area contributed by atoms with Gasteiger partial charge in [0.2, 0.25) is 21.8 Å². The van der Waals surface area contributed by atoms with Crippen LogP contribution in [0.2, 0.25) is 0 Å². The second kappa shape index (κ2) is 15.3. The fraction of sp³-hybridized carbons (Fsp3) is 0.676. The Hall–Kier alpha value is -3.05. The molecule has 1 aromatic heterocycles. The minimum atomic E-state index is -4.62. The van der Waals surface area contributed by atoms with E-state index in [4.69, 9.17) is 5.10 Å². The topological polar surface area (TPSA) is 114 Å². The van der Waals surface area contributed by atoms with E-state index >= 15 is 0 Å². The molecule has 0 saturated carbocycles. The Morgan fingerprint density at radius 3 is 2.38 bits per heavy atom. The molecule has 5 heterocycles. The first-order valence-corrected chi connectivity index (χ1v) is 19.5. The maximum absolute atomic E-state index is 14.1. The summed E-state index contributed by atoms with van der Waals surface area (Å²) in [5.74, 6) is -0.0735. The van der Waals surface area contributed by atoms with Gasteiger partial charge >= 0.3 is 6.18 Å². The van der Waals surface area contributed by atoms with Crippen LogP contribution < -0.4 is 5.32 Å². The molecule has 1 N–H and O–H groups in total. The van der Waals surface area contributed by atoms with Crippen LogP contribution in [0.4, 0.5) is 13.2 Å². The zero-order valence-electron chi connectivity index (χ0n) is 29.1. The van der Waals surface area contributed by atoms with Gasteiger partial charge in [0.25, 0.3) is 0 Å².